The smallest absolute Gasteiger partial charge is 0.175 e. The maximum absolute atomic E-state index is 12.3. The van der Waals surface area contributed by atoms with Crippen molar-refractivity contribution in [2.75, 3.05) is 55.9 Å². The molecule has 11 heteroatoms. The zero-order valence-corrected chi connectivity index (χ0v) is 21.1. The SMILES string of the molecule is CS(=O)(=O)c1cc(NCc2ccc(CN3C[C@H](O)[C@@H](O)[C@H](O)[C@H]3CO)cc2)cc(N2CCOCC2)c1. The topological polar surface area (TPSA) is 143 Å². The maximum atomic E-state index is 12.3. The van der Waals surface area contributed by atoms with Crippen LogP contribution in [0, 0.1) is 0 Å². The van der Waals surface area contributed by atoms with Gasteiger partial charge in [0.15, 0.2) is 9.84 Å². The second kappa shape index (κ2) is 11.4. The number of piperidine rings is 1. The number of nitrogens with one attached hydrogen (secondary N) is 1. The summed E-state index contributed by atoms with van der Waals surface area (Å²) >= 11 is 0. The minimum atomic E-state index is -3.38. The van der Waals surface area contributed by atoms with Crippen LogP contribution in [0.2, 0.25) is 0 Å². The maximum Gasteiger partial charge on any atom is 0.175 e. The molecule has 0 saturated carbocycles. The second-order valence-corrected chi connectivity index (χ2v) is 11.5. The lowest BCUT2D eigenvalue weighted by molar-refractivity contribution is -0.147. The molecule has 0 aromatic heterocycles. The Hall–Kier alpha value is -2.25. The van der Waals surface area contributed by atoms with E-state index in [0.29, 0.717) is 45.1 Å². The zero-order valence-electron chi connectivity index (χ0n) is 20.3. The number of aliphatic hydroxyl groups excluding tert-OH is 4. The van der Waals surface area contributed by atoms with Crippen molar-refractivity contribution in [1.29, 1.82) is 0 Å². The summed E-state index contributed by atoms with van der Waals surface area (Å²) in [5, 5.41) is 43.1. The molecule has 0 spiro atoms. The van der Waals surface area contributed by atoms with Crippen LogP contribution in [0.3, 0.4) is 0 Å². The van der Waals surface area contributed by atoms with Crippen molar-refractivity contribution in [3.63, 3.8) is 0 Å². The molecule has 2 aliphatic rings. The highest BCUT2D eigenvalue weighted by Gasteiger charge is 2.40. The summed E-state index contributed by atoms with van der Waals surface area (Å²) < 4.78 is 29.9. The van der Waals surface area contributed by atoms with E-state index in [1.807, 2.05) is 30.3 Å². The molecule has 5 N–H and O–H groups in total. The standard InChI is InChI=1S/C25H35N3O7S/c1-36(33,34)21-11-19(10-20(12-21)27-6-8-35-9-7-27)26-13-17-2-4-18(5-3-17)14-28-15-23(30)25(32)24(31)22(28)16-29/h2-5,10-12,22-26,29-32H,6-9,13-16H2,1H3/t22-,23+,24-,25-/m1/s1. The average Bonchev–Trinajstić information content (AvgIpc) is 2.87. The quantitative estimate of drug-likeness (QED) is 0.317. The van der Waals surface area contributed by atoms with E-state index in [2.05, 4.69) is 10.2 Å². The molecule has 2 heterocycles. The highest BCUT2D eigenvalue weighted by Crippen LogP contribution is 2.27. The van der Waals surface area contributed by atoms with Crippen LogP contribution in [0.25, 0.3) is 0 Å². The summed E-state index contributed by atoms with van der Waals surface area (Å²) in [6.07, 6.45) is -2.39. The molecule has 198 valence electrons. The van der Waals surface area contributed by atoms with Gasteiger partial charge in [0.2, 0.25) is 0 Å². The Kier molecular flexibility index (Phi) is 8.51. The third-order valence-corrected chi connectivity index (χ3v) is 7.91. The van der Waals surface area contributed by atoms with E-state index in [0.717, 1.165) is 16.8 Å². The Morgan fingerprint density at radius 1 is 1.00 bits per heavy atom. The number of hydrogen-bond donors (Lipinski definition) is 5. The molecule has 36 heavy (non-hydrogen) atoms. The van der Waals surface area contributed by atoms with Gasteiger partial charge in [-0.05, 0) is 29.3 Å². The van der Waals surface area contributed by atoms with Crippen molar-refractivity contribution in [3.8, 4) is 0 Å². The summed E-state index contributed by atoms with van der Waals surface area (Å²) in [5.74, 6) is 0. The Labute approximate surface area is 211 Å². The largest absolute Gasteiger partial charge is 0.395 e. The number of sulfone groups is 1. The molecule has 2 aliphatic heterocycles. The molecule has 4 atom stereocenters. The summed E-state index contributed by atoms with van der Waals surface area (Å²) in [7, 11) is -3.38. The van der Waals surface area contributed by atoms with Gasteiger partial charge in [-0.15, -0.1) is 0 Å². The molecule has 0 aliphatic carbocycles. The number of aliphatic hydroxyl groups is 4. The summed E-state index contributed by atoms with van der Waals surface area (Å²) in [6.45, 7) is 3.33. The van der Waals surface area contributed by atoms with Crippen LogP contribution in [0.15, 0.2) is 47.4 Å². The number of morpholine rings is 1. The fourth-order valence-electron chi connectivity index (χ4n) is 4.66. The summed E-state index contributed by atoms with van der Waals surface area (Å²) in [6, 6.07) is 12.4. The minimum Gasteiger partial charge on any atom is -0.395 e. The highest BCUT2D eigenvalue weighted by atomic mass is 32.2. The number of rotatable bonds is 8. The molecule has 2 aromatic rings. The van der Waals surface area contributed by atoms with Crippen LogP contribution in [-0.2, 0) is 27.7 Å². The number of β-amino-alcohol motifs (C(OH)–C–C–N with tert-alkyl or cyclic N) is 1. The van der Waals surface area contributed by atoms with Gasteiger partial charge in [0.1, 0.15) is 12.2 Å². The number of benzene rings is 2. The zero-order chi connectivity index (χ0) is 25.9. The molecular weight excluding hydrogens is 486 g/mol. The van der Waals surface area contributed by atoms with Crippen LogP contribution in [0.5, 0.6) is 0 Å². The van der Waals surface area contributed by atoms with E-state index in [1.54, 1.807) is 17.0 Å². The van der Waals surface area contributed by atoms with Crippen LogP contribution in [0.1, 0.15) is 11.1 Å². The van der Waals surface area contributed by atoms with Gasteiger partial charge in [-0.25, -0.2) is 8.42 Å². The normalized spacial score (nSPS) is 25.6. The van der Waals surface area contributed by atoms with Gasteiger partial charge in [-0.1, -0.05) is 24.3 Å². The Balaban J connectivity index is 1.43. The first-order chi connectivity index (χ1) is 17.2. The van der Waals surface area contributed by atoms with Crippen molar-refractivity contribution in [2.24, 2.45) is 0 Å². The third kappa shape index (κ3) is 6.35. The molecular formula is C25H35N3O7S. The minimum absolute atomic E-state index is 0.148. The van der Waals surface area contributed by atoms with Crippen LogP contribution in [-0.4, -0.2) is 104 Å². The predicted octanol–water partition coefficient (Wildman–Crippen LogP) is -0.202. The number of nitrogens with zero attached hydrogens (tertiary/aromatic N) is 2. The number of hydrogen-bond acceptors (Lipinski definition) is 10. The summed E-state index contributed by atoms with van der Waals surface area (Å²) in [4.78, 5) is 4.14. The van der Waals surface area contributed by atoms with Gasteiger partial charge in [0.25, 0.3) is 0 Å². The van der Waals surface area contributed by atoms with E-state index in [-0.39, 0.29) is 18.0 Å². The van der Waals surface area contributed by atoms with Crippen molar-refractivity contribution in [3.05, 3.63) is 53.6 Å². The molecule has 2 saturated heterocycles. The number of likely N-dealkylation sites (tertiary alicyclic amines) is 1. The van der Waals surface area contributed by atoms with Crippen molar-refractivity contribution < 1.29 is 33.6 Å². The van der Waals surface area contributed by atoms with Gasteiger partial charge in [0, 0.05) is 50.4 Å². The van der Waals surface area contributed by atoms with Crippen LogP contribution < -0.4 is 10.2 Å². The van der Waals surface area contributed by atoms with E-state index in [1.165, 1.54) is 6.26 Å². The Morgan fingerprint density at radius 3 is 2.31 bits per heavy atom. The molecule has 0 radical (unpaired) electrons. The Morgan fingerprint density at radius 2 is 1.67 bits per heavy atom. The third-order valence-electron chi connectivity index (χ3n) is 6.82. The first-order valence-electron chi connectivity index (χ1n) is 12.0. The molecule has 10 nitrogen and oxygen atoms in total. The number of anilines is 2. The van der Waals surface area contributed by atoms with Crippen LogP contribution in [0.4, 0.5) is 11.4 Å². The fraction of sp³-hybridized carbons (Fsp3) is 0.520. The van der Waals surface area contributed by atoms with Crippen LogP contribution >= 0.6 is 0 Å². The van der Waals surface area contributed by atoms with Gasteiger partial charge in [-0.2, -0.15) is 0 Å². The predicted molar refractivity (Wildman–Crippen MR) is 136 cm³/mol. The molecule has 0 bridgehead atoms. The van der Waals surface area contributed by atoms with Gasteiger partial charge in [0.05, 0.1) is 36.9 Å². The van der Waals surface area contributed by atoms with E-state index in [9.17, 15) is 28.8 Å². The molecule has 0 unspecified atom stereocenters. The van der Waals surface area contributed by atoms with E-state index in [4.69, 9.17) is 4.74 Å². The molecule has 2 aromatic carbocycles. The van der Waals surface area contributed by atoms with Crippen molar-refractivity contribution in [2.45, 2.75) is 42.3 Å². The van der Waals surface area contributed by atoms with Gasteiger partial charge >= 0.3 is 0 Å². The first kappa shape index (κ1) is 26.8. The number of ether oxygens (including phenoxy) is 1. The summed E-state index contributed by atoms with van der Waals surface area (Å²) in [5.41, 5.74) is 3.48. The first-order valence-corrected chi connectivity index (χ1v) is 13.9. The molecule has 2 fully saturated rings. The lowest BCUT2D eigenvalue weighted by Crippen LogP contribution is -2.62. The lowest BCUT2D eigenvalue weighted by Gasteiger charge is -2.43. The van der Waals surface area contributed by atoms with Gasteiger partial charge < -0.3 is 35.4 Å². The molecule has 0 amide bonds. The highest BCUT2D eigenvalue weighted by molar-refractivity contribution is 7.90. The lowest BCUT2D eigenvalue weighted by atomic mass is 9.93. The second-order valence-electron chi connectivity index (χ2n) is 9.49. The van der Waals surface area contributed by atoms with Crippen molar-refractivity contribution >= 4 is 21.2 Å². The van der Waals surface area contributed by atoms with E-state index >= 15 is 0 Å². The monoisotopic (exact) mass is 521 g/mol. The fourth-order valence-corrected chi connectivity index (χ4v) is 5.34. The molecule has 4 rings (SSSR count). The van der Waals surface area contributed by atoms with Gasteiger partial charge in [-0.3, -0.25) is 4.90 Å². The van der Waals surface area contributed by atoms with E-state index < -0.39 is 34.2 Å². The Bertz CT molecular complexity index is 1120. The van der Waals surface area contributed by atoms with Crippen molar-refractivity contribution in [1.82, 2.24) is 4.90 Å². The average molecular weight is 522 g/mol.